The van der Waals surface area contributed by atoms with E-state index in [0.29, 0.717) is 28.5 Å². The van der Waals surface area contributed by atoms with Crippen LogP contribution < -0.4 is 19.5 Å². The number of nitrogens with one attached hydrogen (secondary N) is 1. The second-order valence-corrected chi connectivity index (χ2v) is 6.55. The fourth-order valence-electron chi connectivity index (χ4n) is 2.42. The van der Waals surface area contributed by atoms with E-state index in [9.17, 15) is 9.59 Å². The van der Waals surface area contributed by atoms with Gasteiger partial charge in [-0.25, -0.2) is 4.79 Å². The standard InChI is InChI=1S/C21H23NO6S/c1-25-17-12-19(27-3)18(26-2)10-14(17)8-9-21(24)28-13-20(23)22-15-6-5-7-16(11-15)29-4/h5-12H,13H2,1-4H3,(H,22,23)/b9-8+. The summed E-state index contributed by atoms with van der Waals surface area (Å²) in [6, 6.07) is 10.7. The number of carbonyl (C=O) groups excluding carboxylic acids is 2. The molecule has 0 unspecified atom stereocenters. The zero-order chi connectivity index (χ0) is 21.2. The number of amides is 1. The van der Waals surface area contributed by atoms with Crippen molar-refractivity contribution in [3.63, 3.8) is 0 Å². The fraction of sp³-hybridized carbons (Fsp3) is 0.238. The van der Waals surface area contributed by atoms with Crippen molar-refractivity contribution in [1.29, 1.82) is 0 Å². The maximum Gasteiger partial charge on any atom is 0.331 e. The van der Waals surface area contributed by atoms with Gasteiger partial charge in [0.25, 0.3) is 5.91 Å². The van der Waals surface area contributed by atoms with Crippen molar-refractivity contribution in [2.24, 2.45) is 0 Å². The number of ether oxygens (including phenoxy) is 4. The monoisotopic (exact) mass is 417 g/mol. The van der Waals surface area contributed by atoms with E-state index in [1.807, 2.05) is 24.5 Å². The van der Waals surface area contributed by atoms with E-state index in [-0.39, 0.29) is 0 Å². The topological polar surface area (TPSA) is 83.1 Å². The first-order chi connectivity index (χ1) is 14.0. The van der Waals surface area contributed by atoms with E-state index in [1.54, 1.807) is 30.0 Å². The van der Waals surface area contributed by atoms with Crippen LogP contribution >= 0.6 is 11.8 Å². The highest BCUT2D eigenvalue weighted by Gasteiger charge is 2.11. The molecule has 0 aliphatic carbocycles. The summed E-state index contributed by atoms with van der Waals surface area (Å²) in [5, 5.41) is 2.69. The molecule has 0 aliphatic heterocycles. The minimum absolute atomic E-state index is 0.393. The van der Waals surface area contributed by atoms with E-state index in [2.05, 4.69) is 5.32 Å². The molecule has 1 amide bonds. The Morgan fingerprint density at radius 1 is 1.00 bits per heavy atom. The van der Waals surface area contributed by atoms with Gasteiger partial charge < -0.3 is 24.3 Å². The van der Waals surface area contributed by atoms with Crippen LogP contribution in [-0.4, -0.2) is 46.1 Å². The van der Waals surface area contributed by atoms with Gasteiger partial charge in [0.05, 0.1) is 21.3 Å². The number of methoxy groups -OCH3 is 3. The lowest BCUT2D eigenvalue weighted by Gasteiger charge is -2.12. The van der Waals surface area contributed by atoms with Gasteiger partial charge in [0, 0.05) is 28.3 Å². The third-order valence-electron chi connectivity index (χ3n) is 3.83. The highest BCUT2D eigenvalue weighted by Crippen LogP contribution is 2.35. The summed E-state index contributed by atoms with van der Waals surface area (Å²) in [6.07, 6.45) is 4.68. The molecule has 0 spiro atoms. The van der Waals surface area contributed by atoms with Crippen LogP contribution in [0, 0.1) is 0 Å². The van der Waals surface area contributed by atoms with Crippen LogP contribution in [0.4, 0.5) is 5.69 Å². The highest BCUT2D eigenvalue weighted by atomic mass is 32.2. The van der Waals surface area contributed by atoms with Crippen molar-refractivity contribution in [3.8, 4) is 17.2 Å². The summed E-state index contributed by atoms with van der Waals surface area (Å²) in [5.41, 5.74) is 1.24. The molecule has 0 heterocycles. The second-order valence-electron chi connectivity index (χ2n) is 5.67. The first-order valence-electron chi connectivity index (χ1n) is 8.59. The first kappa shape index (κ1) is 22.2. The third-order valence-corrected chi connectivity index (χ3v) is 4.56. The molecular weight excluding hydrogens is 394 g/mol. The quantitative estimate of drug-likeness (QED) is 0.379. The van der Waals surface area contributed by atoms with Gasteiger partial charge in [0.15, 0.2) is 18.1 Å². The number of thioether (sulfide) groups is 1. The summed E-state index contributed by atoms with van der Waals surface area (Å²) >= 11 is 1.57. The molecule has 0 atom stereocenters. The molecule has 0 fully saturated rings. The molecule has 2 rings (SSSR count). The van der Waals surface area contributed by atoms with Gasteiger partial charge >= 0.3 is 5.97 Å². The van der Waals surface area contributed by atoms with Crippen molar-refractivity contribution in [2.75, 3.05) is 39.5 Å². The fourth-order valence-corrected chi connectivity index (χ4v) is 2.88. The molecule has 2 aromatic carbocycles. The lowest BCUT2D eigenvalue weighted by atomic mass is 10.1. The van der Waals surface area contributed by atoms with Crippen LogP contribution in [0.2, 0.25) is 0 Å². The molecule has 0 saturated heterocycles. The summed E-state index contributed by atoms with van der Waals surface area (Å²) < 4.78 is 20.8. The van der Waals surface area contributed by atoms with Gasteiger partial charge in [-0.15, -0.1) is 11.8 Å². The van der Waals surface area contributed by atoms with Crippen molar-refractivity contribution >= 4 is 35.4 Å². The highest BCUT2D eigenvalue weighted by molar-refractivity contribution is 7.98. The Hall–Kier alpha value is -3.13. The molecular formula is C21H23NO6S. The number of esters is 1. The van der Waals surface area contributed by atoms with Gasteiger partial charge in [-0.3, -0.25) is 4.79 Å². The van der Waals surface area contributed by atoms with Crippen LogP contribution in [0.1, 0.15) is 5.56 Å². The first-order valence-corrected chi connectivity index (χ1v) is 9.82. The zero-order valence-corrected chi connectivity index (χ0v) is 17.5. The number of carbonyl (C=O) groups is 2. The number of rotatable bonds is 9. The minimum Gasteiger partial charge on any atom is -0.496 e. The molecule has 7 nitrogen and oxygen atoms in total. The predicted octanol–water partition coefficient (Wildman–Crippen LogP) is 3.63. The van der Waals surface area contributed by atoms with Gasteiger partial charge in [-0.05, 0) is 36.6 Å². The Morgan fingerprint density at radius 2 is 1.69 bits per heavy atom. The number of benzene rings is 2. The van der Waals surface area contributed by atoms with E-state index in [1.165, 1.54) is 33.5 Å². The van der Waals surface area contributed by atoms with E-state index >= 15 is 0 Å². The molecule has 2 aromatic rings. The van der Waals surface area contributed by atoms with Gasteiger partial charge in [0.2, 0.25) is 0 Å². The zero-order valence-electron chi connectivity index (χ0n) is 16.7. The molecule has 8 heteroatoms. The van der Waals surface area contributed by atoms with Crippen LogP contribution in [0.25, 0.3) is 6.08 Å². The summed E-state index contributed by atoms with van der Waals surface area (Å²) in [7, 11) is 4.54. The average molecular weight is 417 g/mol. The maximum absolute atomic E-state index is 12.0. The van der Waals surface area contributed by atoms with Crippen LogP contribution in [0.3, 0.4) is 0 Å². The van der Waals surface area contributed by atoms with Crippen molar-refractivity contribution in [2.45, 2.75) is 4.90 Å². The molecule has 0 saturated carbocycles. The molecule has 29 heavy (non-hydrogen) atoms. The summed E-state index contributed by atoms with van der Waals surface area (Å²) in [5.74, 6) is 0.418. The second kappa shape index (κ2) is 11.0. The molecule has 154 valence electrons. The molecule has 0 radical (unpaired) electrons. The number of anilines is 1. The van der Waals surface area contributed by atoms with Crippen LogP contribution in [-0.2, 0) is 14.3 Å². The maximum atomic E-state index is 12.0. The summed E-state index contributed by atoms with van der Waals surface area (Å²) in [6.45, 7) is -0.393. The Balaban J connectivity index is 1.96. The smallest absolute Gasteiger partial charge is 0.331 e. The third kappa shape index (κ3) is 6.46. The summed E-state index contributed by atoms with van der Waals surface area (Å²) in [4.78, 5) is 25.0. The van der Waals surface area contributed by atoms with E-state index in [4.69, 9.17) is 18.9 Å². The number of hydrogen-bond acceptors (Lipinski definition) is 7. The van der Waals surface area contributed by atoms with Crippen molar-refractivity contribution < 1.29 is 28.5 Å². The van der Waals surface area contributed by atoms with Gasteiger partial charge in [0.1, 0.15) is 5.75 Å². The molecule has 0 bridgehead atoms. The molecule has 0 aromatic heterocycles. The normalized spacial score (nSPS) is 10.5. The van der Waals surface area contributed by atoms with Crippen LogP contribution in [0.5, 0.6) is 17.2 Å². The van der Waals surface area contributed by atoms with E-state index < -0.39 is 18.5 Å². The Labute approximate surface area is 174 Å². The predicted molar refractivity (Wildman–Crippen MR) is 113 cm³/mol. The lowest BCUT2D eigenvalue weighted by molar-refractivity contribution is -0.142. The largest absolute Gasteiger partial charge is 0.496 e. The Bertz CT molecular complexity index is 897. The van der Waals surface area contributed by atoms with E-state index in [0.717, 1.165) is 4.90 Å². The van der Waals surface area contributed by atoms with Gasteiger partial charge in [-0.2, -0.15) is 0 Å². The van der Waals surface area contributed by atoms with Crippen LogP contribution in [0.15, 0.2) is 47.4 Å². The SMILES string of the molecule is COc1cc(OC)c(OC)cc1/C=C/C(=O)OCC(=O)Nc1cccc(SC)c1. The number of hydrogen-bond donors (Lipinski definition) is 1. The minimum atomic E-state index is -0.658. The van der Waals surface area contributed by atoms with Crippen molar-refractivity contribution in [1.82, 2.24) is 0 Å². The molecule has 1 N–H and O–H groups in total. The van der Waals surface area contributed by atoms with Gasteiger partial charge in [-0.1, -0.05) is 6.07 Å². The lowest BCUT2D eigenvalue weighted by Crippen LogP contribution is -2.20. The average Bonchev–Trinajstić information content (AvgIpc) is 2.75. The Kier molecular flexibility index (Phi) is 8.42. The molecule has 0 aliphatic rings. The van der Waals surface area contributed by atoms with Crippen molar-refractivity contribution in [3.05, 3.63) is 48.0 Å². The Morgan fingerprint density at radius 3 is 2.34 bits per heavy atom.